The van der Waals surface area contributed by atoms with Crippen molar-refractivity contribution < 1.29 is 13.2 Å². The van der Waals surface area contributed by atoms with Gasteiger partial charge in [0.15, 0.2) is 0 Å². The van der Waals surface area contributed by atoms with Gasteiger partial charge in [-0.3, -0.25) is 4.79 Å². The maximum Gasteiger partial charge on any atom is 0.225 e. The number of hydrogen-bond acceptors (Lipinski definition) is 3. The molecular weight excluding hydrogens is 324 g/mol. The Bertz CT molecular complexity index is 661. The van der Waals surface area contributed by atoms with Crippen LogP contribution in [0.4, 0.5) is 5.69 Å². The molecule has 0 unspecified atom stereocenters. The van der Waals surface area contributed by atoms with E-state index >= 15 is 0 Å². The van der Waals surface area contributed by atoms with E-state index in [0.717, 1.165) is 24.0 Å². The average molecular weight is 345 g/mol. The number of hydrogen-bond donors (Lipinski definition) is 1. The summed E-state index contributed by atoms with van der Waals surface area (Å²) in [7, 11) is -3.26. The van der Waals surface area contributed by atoms with Crippen LogP contribution < -0.4 is 5.32 Å². The molecule has 1 aromatic rings. The fourth-order valence-electron chi connectivity index (χ4n) is 2.47. The number of anilines is 1. The van der Waals surface area contributed by atoms with Crippen molar-refractivity contribution in [2.45, 2.75) is 39.2 Å². The molecule has 22 heavy (non-hydrogen) atoms. The van der Waals surface area contributed by atoms with E-state index in [1.54, 1.807) is 6.07 Å². The number of benzene rings is 1. The van der Waals surface area contributed by atoms with Gasteiger partial charge in [-0.05, 0) is 43.9 Å². The Labute approximate surface area is 136 Å². The van der Waals surface area contributed by atoms with Gasteiger partial charge < -0.3 is 5.32 Å². The van der Waals surface area contributed by atoms with Crippen LogP contribution in [0.15, 0.2) is 12.1 Å². The normalized spacial score (nSPS) is 15.1. The zero-order valence-electron chi connectivity index (χ0n) is 13.0. The molecule has 0 spiro atoms. The van der Waals surface area contributed by atoms with Crippen molar-refractivity contribution in [2.24, 2.45) is 0 Å². The standard InChI is InChI=1S/C15H21ClN2O3S/c1-10-8-11(2)15(13(16)9-10)17-14(19)6-7-18(12-4-5-12)22(3,20)21/h8-9,12H,4-7H2,1-3H3,(H,17,19). The minimum absolute atomic E-state index is 0.0625. The Balaban J connectivity index is 1.99. The first kappa shape index (κ1) is 17.2. The molecule has 1 amide bonds. The van der Waals surface area contributed by atoms with Crippen molar-refractivity contribution in [1.82, 2.24) is 4.31 Å². The molecule has 0 bridgehead atoms. The van der Waals surface area contributed by atoms with E-state index in [4.69, 9.17) is 11.6 Å². The molecule has 1 aliphatic rings. The van der Waals surface area contributed by atoms with Crippen LogP contribution in [0.5, 0.6) is 0 Å². The van der Waals surface area contributed by atoms with Crippen LogP contribution >= 0.6 is 11.6 Å². The number of rotatable bonds is 6. The monoisotopic (exact) mass is 344 g/mol. The van der Waals surface area contributed by atoms with Gasteiger partial charge in [-0.1, -0.05) is 17.7 Å². The minimum Gasteiger partial charge on any atom is -0.325 e. The van der Waals surface area contributed by atoms with E-state index < -0.39 is 10.0 Å². The maximum atomic E-state index is 12.1. The predicted molar refractivity (Wildman–Crippen MR) is 88.7 cm³/mol. The Morgan fingerprint density at radius 3 is 2.50 bits per heavy atom. The first-order valence-corrected chi connectivity index (χ1v) is 9.44. The van der Waals surface area contributed by atoms with Crippen LogP contribution in [-0.2, 0) is 14.8 Å². The third-order valence-corrected chi connectivity index (χ3v) is 5.27. The van der Waals surface area contributed by atoms with Crippen molar-refractivity contribution in [3.05, 3.63) is 28.3 Å². The largest absolute Gasteiger partial charge is 0.325 e. The summed E-state index contributed by atoms with van der Waals surface area (Å²) < 4.78 is 24.8. The number of halogens is 1. The predicted octanol–water partition coefficient (Wildman–Crippen LogP) is 2.71. The molecule has 0 aliphatic heterocycles. The second-order valence-electron chi connectivity index (χ2n) is 5.84. The molecule has 1 aromatic carbocycles. The molecule has 1 N–H and O–H groups in total. The zero-order valence-corrected chi connectivity index (χ0v) is 14.6. The highest BCUT2D eigenvalue weighted by molar-refractivity contribution is 7.88. The number of carbonyl (C=O) groups excluding carboxylic acids is 1. The first-order chi connectivity index (χ1) is 10.2. The van der Waals surface area contributed by atoms with Crippen molar-refractivity contribution in [2.75, 3.05) is 18.1 Å². The summed E-state index contributed by atoms with van der Waals surface area (Å²) in [5.41, 5.74) is 2.51. The SMILES string of the molecule is Cc1cc(C)c(NC(=O)CCN(C2CC2)S(C)(=O)=O)c(Cl)c1. The first-order valence-electron chi connectivity index (χ1n) is 7.22. The summed E-state index contributed by atoms with van der Waals surface area (Å²) in [6.07, 6.45) is 3.05. The van der Waals surface area contributed by atoms with Crippen LogP contribution in [0.1, 0.15) is 30.4 Å². The molecule has 7 heteroatoms. The molecule has 0 radical (unpaired) electrons. The van der Waals surface area contributed by atoms with Crippen LogP contribution in [0.3, 0.4) is 0 Å². The van der Waals surface area contributed by atoms with Gasteiger partial charge in [0.2, 0.25) is 15.9 Å². The van der Waals surface area contributed by atoms with E-state index in [1.165, 1.54) is 10.6 Å². The summed E-state index contributed by atoms with van der Waals surface area (Å²) in [5, 5.41) is 3.27. The molecule has 1 aliphatic carbocycles. The Morgan fingerprint density at radius 2 is 2.00 bits per heavy atom. The molecule has 0 heterocycles. The average Bonchev–Trinajstić information content (AvgIpc) is 3.16. The van der Waals surface area contributed by atoms with Gasteiger partial charge in [-0.25, -0.2) is 8.42 Å². The Morgan fingerprint density at radius 1 is 1.36 bits per heavy atom. The van der Waals surface area contributed by atoms with Gasteiger partial charge in [-0.2, -0.15) is 4.31 Å². The van der Waals surface area contributed by atoms with Crippen molar-refractivity contribution in [3.8, 4) is 0 Å². The molecule has 2 rings (SSSR count). The molecule has 1 saturated carbocycles. The highest BCUT2D eigenvalue weighted by atomic mass is 35.5. The summed E-state index contributed by atoms with van der Waals surface area (Å²) in [4.78, 5) is 12.1. The summed E-state index contributed by atoms with van der Waals surface area (Å²) >= 11 is 6.15. The highest BCUT2D eigenvalue weighted by Gasteiger charge is 2.34. The fraction of sp³-hybridized carbons (Fsp3) is 0.533. The number of nitrogens with zero attached hydrogens (tertiary/aromatic N) is 1. The molecule has 5 nitrogen and oxygen atoms in total. The third kappa shape index (κ3) is 4.44. The lowest BCUT2D eigenvalue weighted by Crippen LogP contribution is -2.34. The lowest BCUT2D eigenvalue weighted by atomic mass is 10.1. The second kappa shape index (κ2) is 6.56. The van der Waals surface area contributed by atoms with Gasteiger partial charge in [0.05, 0.1) is 17.0 Å². The molecule has 0 atom stereocenters. The highest BCUT2D eigenvalue weighted by Crippen LogP contribution is 2.30. The van der Waals surface area contributed by atoms with E-state index in [9.17, 15) is 13.2 Å². The van der Waals surface area contributed by atoms with E-state index in [0.29, 0.717) is 10.7 Å². The maximum absolute atomic E-state index is 12.1. The Hall–Kier alpha value is -1.11. The fourth-order valence-corrected chi connectivity index (χ4v) is 4.01. The molecule has 122 valence electrons. The van der Waals surface area contributed by atoms with Crippen LogP contribution in [0.25, 0.3) is 0 Å². The number of amides is 1. The van der Waals surface area contributed by atoms with Crippen molar-refractivity contribution in [3.63, 3.8) is 0 Å². The zero-order chi connectivity index (χ0) is 16.5. The number of aryl methyl sites for hydroxylation is 2. The van der Waals surface area contributed by atoms with E-state index in [2.05, 4.69) is 5.32 Å². The Kier molecular flexibility index (Phi) is 5.14. The van der Waals surface area contributed by atoms with Crippen LogP contribution in [0, 0.1) is 13.8 Å². The summed E-state index contributed by atoms with van der Waals surface area (Å²) in [6, 6.07) is 3.79. The molecule has 1 fully saturated rings. The number of sulfonamides is 1. The van der Waals surface area contributed by atoms with Crippen molar-refractivity contribution in [1.29, 1.82) is 0 Å². The summed E-state index contributed by atoms with van der Waals surface area (Å²) in [6.45, 7) is 4.02. The van der Waals surface area contributed by atoms with Crippen molar-refractivity contribution >= 4 is 33.2 Å². The molecule has 0 saturated heterocycles. The van der Waals surface area contributed by atoms with E-state index in [-0.39, 0.29) is 24.9 Å². The lowest BCUT2D eigenvalue weighted by molar-refractivity contribution is -0.116. The van der Waals surface area contributed by atoms with Gasteiger partial charge in [0.25, 0.3) is 0 Å². The quantitative estimate of drug-likeness (QED) is 0.862. The van der Waals surface area contributed by atoms with Gasteiger partial charge in [-0.15, -0.1) is 0 Å². The second-order valence-corrected chi connectivity index (χ2v) is 8.18. The topological polar surface area (TPSA) is 66.5 Å². The van der Waals surface area contributed by atoms with Gasteiger partial charge in [0, 0.05) is 19.0 Å². The smallest absolute Gasteiger partial charge is 0.225 e. The van der Waals surface area contributed by atoms with Crippen LogP contribution in [0.2, 0.25) is 5.02 Å². The van der Waals surface area contributed by atoms with E-state index in [1.807, 2.05) is 19.9 Å². The third-order valence-electron chi connectivity index (χ3n) is 3.64. The van der Waals surface area contributed by atoms with Gasteiger partial charge in [0.1, 0.15) is 0 Å². The molecule has 0 aromatic heterocycles. The van der Waals surface area contributed by atoms with Crippen LogP contribution in [-0.4, -0.2) is 37.5 Å². The number of carbonyl (C=O) groups is 1. The minimum atomic E-state index is -3.26. The number of nitrogens with one attached hydrogen (secondary N) is 1. The lowest BCUT2D eigenvalue weighted by Gasteiger charge is -2.19. The summed E-state index contributed by atoms with van der Waals surface area (Å²) in [5.74, 6) is -0.233. The molecular formula is C15H21ClN2O3S. The van der Waals surface area contributed by atoms with Gasteiger partial charge >= 0.3 is 0 Å².